The summed E-state index contributed by atoms with van der Waals surface area (Å²) in [5, 5.41) is 0.906. The highest BCUT2D eigenvalue weighted by molar-refractivity contribution is 9.10. The van der Waals surface area contributed by atoms with Gasteiger partial charge in [0.25, 0.3) is 0 Å². The number of rotatable bonds is 6. The van der Waals surface area contributed by atoms with Gasteiger partial charge >= 0.3 is 5.97 Å². The van der Waals surface area contributed by atoms with Crippen molar-refractivity contribution in [1.82, 2.24) is 4.98 Å². The first-order valence-electron chi connectivity index (χ1n) is 5.30. The Kier molecular flexibility index (Phi) is 6.54. The lowest BCUT2D eigenvalue weighted by Gasteiger charge is -2.09. The minimum atomic E-state index is -0.551. The van der Waals surface area contributed by atoms with Crippen molar-refractivity contribution in [3.05, 3.63) is 22.8 Å². The second-order valence-corrected chi connectivity index (χ2v) is 5.22. The molecule has 1 atom stereocenters. The Morgan fingerprint density at radius 1 is 1.71 bits per heavy atom. The minimum Gasteiger partial charge on any atom is -0.465 e. The fourth-order valence-corrected chi connectivity index (χ4v) is 2.63. The van der Waals surface area contributed by atoms with Crippen LogP contribution in [0.4, 0.5) is 0 Å². The maximum atomic E-state index is 11.3. The lowest BCUT2D eigenvalue weighted by Crippen LogP contribution is -2.32. The molecule has 0 aliphatic carbocycles. The van der Waals surface area contributed by atoms with E-state index in [4.69, 9.17) is 10.5 Å². The molecule has 2 N–H and O–H groups in total. The summed E-state index contributed by atoms with van der Waals surface area (Å²) in [6.45, 7) is 2.13. The van der Waals surface area contributed by atoms with Gasteiger partial charge in [0.1, 0.15) is 11.1 Å². The lowest BCUT2D eigenvalue weighted by molar-refractivity contribution is -0.144. The number of nitrogens with zero attached hydrogens (tertiary/aromatic N) is 1. The fourth-order valence-electron chi connectivity index (χ4n) is 1.13. The molecule has 0 bridgehead atoms. The van der Waals surface area contributed by atoms with E-state index >= 15 is 0 Å². The summed E-state index contributed by atoms with van der Waals surface area (Å²) in [5.41, 5.74) is 5.69. The van der Waals surface area contributed by atoms with E-state index in [-0.39, 0.29) is 5.97 Å². The van der Waals surface area contributed by atoms with Gasteiger partial charge in [0.2, 0.25) is 0 Å². The Labute approximate surface area is 113 Å². The van der Waals surface area contributed by atoms with Crippen molar-refractivity contribution in [2.24, 2.45) is 5.73 Å². The Morgan fingerprint density at radius 2 is 2.47 bits per heavy atom. The van der Waals surface area contributed by atoms with Crippen LogP contribution in [-0.2, 0) is 9.53 Å². The number of thioether (sulfide) groups is 1. The van der Waals surface area contributed by atoms with E-state index in [1.54, 1.807) is 24.9 Å². The summed E-state index contributed by atoms with van der Waals surface area (Å²) in [6.07, 6.45) is 2.31. The van der Waals surface area contributed by atoms with Crippen LogP contribution in [0.3, 0.4) is 0 Å². The number of hydrogen-bond acceptors (Lipinski definition) is 5. The first-order chi connectivity index (χ1) is 8.15. The third-order valence-electron chi connectivity index (χ3n) is 1.98. The van der Waals surface area contributed by atoms with Crippen LogP contribution in [0.1, 0.15) is 13.3 Å². The Hall–Kier alpha value is -0.590. The van der Waals surface area contributed by atoms with Crippen molar-refractivity contribution >= 4 is 33.7 Å². The van der Waals surface area contributed by atoms with Crippen molar-refractivity contribution in [1.29, 1.82) is 0 Å². The smallest absolute Gasteiger partial charge is 0.322 e. The van der Waals surface area contributed by atoms with Crippen LogP contribution < -0.4 is 5.73 Å². The summed E-state index contributed by atoms with van der Waals surface area (Å²) in [6, 6.07) is 3.24. The minimum absolute atomic E-state index is 0.340. The summed E-state index contributed by atoms with van der Waals surface area (Å²) in [5.74, 6) is 0.392. The van der Waals surface area contributed by atoms with Gasteiger partial charge in [-0.1, -0.05) is 0 Å². The summed E-state index contributed by atoms with van der Waals surface area (Å²) in [7, 11) is 0. The zero-order valence-electron chi connectivity index (χ0n) is 9.56. The van der Waals surface area contributed by atoms with E-state index in [0.717, 1.165) is 15.3 Å². The zero-order chi connectivity index (χ0) is 12.7. The molecule has 0 fully saturated rings. The maximum Gasteiger partial charge on any atom is 0.322 e. The predicted octanol–water partition coefficient (Wildman–Crippen LogP) is 2.22. The zero-order valence-corrected chi connectivity index (χ0v) is 12.0. The van der Waals surface area contributed by atoms with Gasteiger partial charge in [0.05, 0.1) is 6.61 Å². The van der Waals surface area contributed by atoms with Crippen LogP contribution in [0.15, 0.2) is 27.8 Å². The Balaban J connectivity index is 2.33. The molecule has 6 heteroatoms. The monoisotopic (exact) mass is 318 g/mol. The highest BCUT2D eigenvalue weighted by atomic mass is 79.9. The molecule has 1 heterocycles. The lowest BCUT2D eigenvalue weighted by atomic mass is 10.2. The number of hydrogen-bond donors (Lipinski definition) is 1. The highest BCUT2D eigenvalue weighted by Gasteiger charge is 2.14. The molecule has 0 saturated heterocycles. The third-order valence-corrected chi connectivity index (χ3v) is 3.92. The van der Waals surface area contributed by atoms with Gasteiger partial charge in [0.15, 0.2) is 0 Å². The van der Waals surface area contributed by atoms with E-state index in [0.29, 0.717) is 13.0 Å². The quantitative estimate of drug-likeness (QED) is 0.643. The number of carbonyl (C=O) groups excluding carboxylic acids is 1. The van der Waals surface area contributed by atoms with Gasteiger partial charge < -0.3 is 10.5 Å². The SMILES string of the molecule is CCOC(=O)C(N)CCSc1ncccc1Br. The molecular formula is C11H15BrN2O2S. The van der Waals surface area contributed by atoms with E-state index in [1.165, 1.54) is 0 Å². The van der Waals surface area contributed by atoms with Gasteiger partial charge in [0, 0.05) is 16.4 Å². The predicted molar refractivity (Wildman–Crippen MR) is 71.9 cm³/mol. The molecule has 1 aromatic rings. The van der Waals surface area contributed by atoms with Crippen LogP contribution in [-0.4, -0.2) is 29.4 Å². The second-order valence-electron chi connectivity index (χ2n) is 3.29. The highest BCUT2D eigenvalue weighted by Crippen LogP contribution is 2.25. The number of halogens is 1. The van der Waals surface area contributed by atoms with Crippen LogP contribution in [0.2, 0.25) is 0 Å². The van der Waals surface area contributed by atoms with Crippen molar-refractivity contribution in [2.45, 2.75) is 24.4 Å². The molecule has 0 spiro atoms. The van der Waals surface area contributed by atoms with Crippen molar-refractivity contribution in [3.63, 3.8) is 0 Å². The van der Waals surface area contributed by atoms with E-state index in [2.05, 4.69) is 20.9 Å². The van der Waals surface area contributed by atoms with Crippen LogP contribution in [0.25, 0.3) is 0 Å². The molecule has 1 rings (SSSR count). The van der Waals surface area contributed by atoms with Gasteiger partial charge in [-0.25, -0.2) is 4.98 Å². The van der Waals surface area contributed by atoms with Crippen LogP contribution >= 0.6 is 27.7 Å². The van der Waals surface area contributed by atoms with Crippen molar-refractivity contribution < 1.29 is 9.53 Å². The third kappa shape index (κ3) is 5.06. The number of ether oxygens (including phenoxy) is 1. The molecule has 0 amide bonds. The Bertz CT molecular complexity index is 376. The molecule has 1 aromatic heterocycles. The van der Waals surface area contributed by atoms with Gasteiger partial charge in [-0.3, -0.25) is 4.79 Å². The standard InChI is InChI=1S/C11H15BrN2O2S/c1-2-16-11(15)9(13)5-7-17-10-8(12)4-3-6-14-10/h3-4,6,9H,2,5,7,13H2,1H3. The largest absolute Gasteiger partial charge is 0.465 e. The molecule has 0 aromatic carbocycles. The normalized spacial score (nSPS) is 12.2. The second kappa shape index (κ2) is 7.68. The molecular weight excluding hydrogens is 304 g/mol. The number of esters is 1. The molecule has 0 aliphatic rings. The van der Waals surface area contributed by atoms with Gasteiger partial charge in [-0.05, 0) is 41.4 Å². The number of nitrogens with two attached hydrogens (primary N) is 1. The van der Waals surface area contributed by atoms with Gasteiger partial charge in [-0.2, -0.15) is 0 Å². The topological polar surface area (TPSA) is 65.2 Å². The number of carbonyl (C=O) groups is 1. The van der Waals surface area contributed by atoms with Gasteiger partial charge in [-0.15, -0.1) is 11.8 Å². The molecule has 0 aliphatic heterocycles. The number of pyridine rings is 1. The summed E-state index contributed by atoms with van der Waals surface area (Å²) in [4.78, 5) is 15.5. The average Bonchev–Trinajstić information content (AvgIpc) is 2.31. The molecule has 0 radical (unpaired) electrons. The van der Waals surface area contributed by atoms with E-state index in [9.17, 15) is 4.79 Å². The first kappa shape index (κ1) is 14.5. The molecule has 94 valence electrons. The van der Waals surface area contributed by atoms with E-state index in [1.807, 2.05) is 12.1 Å². The van der Waals surface area contributed by atoms with Crippen LogP contribution in [0, 0.1) is 0 Å². The van der Waals surface area contributed by atoms with Crippen LogP contribution in [0.5, 0.6) is 0 Å². The molecule has 0 saturated carbocycles. The number of aromatic nitrogens is 1. The summed E-state index contributed by atoms with van der Waals surface area (Å²) >= 11 is 4.98. The first-order valence-corrected chi connectivity index (χ1v) is 7.08. The van der Waals surface area contributed by atoms with Crippen molar-refractivity contribution in [3.8, 4) is 0 Å². The molecule has 17 heavy (non-hydrogen) atoms. The molecule has 4 nitrogen and oxygen atoms in total. The Morgan fingerprint density at radius 3 is 3.12 bits per heavy atom. The van der Waals surface area contributed by atoms with Crippen molar-refractivity contribution in [2.75, 3.05) is 12.4 Å². The summed E-state index contributed by atoms with van der Waals surface area (Å²) < 4.78 is 5.79. The average molecular weight is 319 g/mol. The maximum absolute atomic E-state index is 11.3. The fraction of sp³-hybridized carbons (Fsp3) is 0.455. The van der Waals surface area contributed by atoms with E-state index < -0.39 is 6.04 Å². The molecule has 1 unspecified atom stereocenters.